The molecule has 1 N–H and O–H groups in total. The van der Waals surface area contributed by atoms with Crippen LogP contribution in [-0.4, -0.2) is 29.8 Å². The molecule has 4 rings (SSSR count). The monoisotopic (exact) mass is 449 g/mol. The zero-order valence-electron chi connectivity index (χ0n) is 17.4. The van der Waals surface area contributed by atoms with Crippen molar-refractivity contribution in [2.24, 2.45) is 10.2 Å². The molecule has 4 aromatic rings. The van der Waals surface area contributed by atoms with E-state index in [-0.39, 0.29) is 22.2 Å². The second-order valence-electron chi connectivity index (χ2n) is 6.95. The van der Waals surface area contributed by atoms with Gasteiger partial charge in [0.25, 0.3) is 5.91 Å². The number of carbonyl (C=O) groups is 1. The lowest BCUT2D eigenvalue weighted by atomic mass is 10.2. The van der Waals surface area contributed by atoms with Gasteiger partial charge in [0.1, 0.15) is 0 Å². The summed E-state index contributed by atoms with van der Waals surface area (Å²) < 4.78 is 12.4. The van der Waals surface area contributed by atoms with Gasteiger partial charge in [-0.1, -0.05) is 48.0 Å². The van der Waals surface area contributed by atoms with E-state index in [1.54, 1.807) is 49.1 Å². The van der Waals surface area contributed by atoms with Crippen molar-refractivity contribution in [3.05, 3.63) is 82.9 Å². The van der Waals surface area contributed by atoms with Crippen LogP contribution in [0.25, 0.3) is 10.9 Å². The van der Waals surface area contributed by atoms with Crippen LogP contribution in [0.2, 0.25) is 5.02 Å². The SMILES string of the molecule is COc1ccc(Cn2c(O)c(N=NC(=O)c3ccccc3Cl)c3ccccc32)cc1OC. The Labute approximate surface area is 189 Å². The molecule has 0 bridgehead atoms. The highest BCUT2D eigenvalue weighted by Crippen LogP contribution is 2.40. The summed E-state index contributed by atoms with van der Waals surface area (Å²) in [4.78, 5) is 12.5. The van der Waals surface area contributed by atoms with Gasteiger partial charge in [-0.25, -0.2) is 0 Å². The predicted octanol–water partition coefficient (Wildman–Crippen LogP) is 5.99. The smallest absolute Gasteiger partial charge is 0.296 e. The van der Waals surface area contributed by atoms with Gasteiger partial charge in [0.05, 0.1) is 36.9 Å². The highest BCUT2D eigenvalue weighted by molar-refractivity contribution is 6.33. The molecule has 1 aromatic heterocycles. The van der Waals surface area contributed by atoms with E-state index >= 15 is 0 Å². The number of halogens is 1. The standard InChI is InChI=1S/C24H20ClN3O4/c1-31-20-12-11-15(13-21(20)32-2)14-28-19-10-6-4-8-17(19)22(24(28)30)26-27-23(29)16-7-3-5-9-18(16)25/h3-13,30H,14H2,1-2H3. The summed E-state index contributed by atoms with van der Waals surface area (Å²) in [5.74, 6) is 0.514. The Hall–Kier alpha value is -3.84. The maximum Gasteiger partial charge on any atom is 0.296 e. The Bertz CT molecular complexity index is 1330. The number of ether oxygens (including phenoxy) is 2. The molecular weight excluding hydrogens is 430 g/mol. The van der Waals surface area contributed by atoms with Crippen molar-refractivity contribution < 1.29 is 19.4 Å². The van der Waals surface area contributed by atoms with Gasteiger partial charge >= 0.3 is 0 Å². The zero-order chi connectivity index (χ0) is 22.7. The number of carbonyl (C=O) groups excluding carboxylic acids is 1. The summed E-state index contributed by atoms with van der Waals surface area (Å²) in [6, 6.07) is 19.5. The van der Waals surface area contributed by atoms with Crippen LogP contribution in [0.3, 0.4) is 0 Å². The van der Waals surface area contributed by atoms with E-state index in [4.69, 9.17) is 21.1 Å². The first-order chi connectivity index (χ1) is 15.5. The third kappa shape index (κ3) is 4.02. The van der Waals surface area contributed by atoms with Crippen molar-refractivity contribution in [2.45, 2.75) is 6.54 Å². The summed E-state index contributed by atoms with van der Waals surface area (Å²) >= 11 is 6.07. The molecule has 8 heteroatoms. The van der Waals surface area contributed by atoms with Crippen molar-refractivity contribution in [2.75, 3.05) is 14.2 Å². The number of hydrogen-bond acceptors (Lipinski definition) is 5. The van der Waals surface area contributed by atoms with E-state index in [0.29, 0.717) is 23.4 Å². The fraction of sp³-hybridized carbons (Fsp3) is 0.125. The second kappa shape index (κ2) is 9.11. The number of azo groups is 1. The minimum atomic E-state index is -0.591. The van der Waals surface area contributed by atoms with E-state index < -0.39 is 5.91 Å². The average Bonchev–Trinajstić information content (AvgIpc) is 3.08. The topological polar surface area (TPSA) is 85.4 Å². The maximum atomic E-state index is 12.5. The van der Waals surface area contributed by atoms with Gasteiger partial charge < -0.3 is 19.1 Å². The molecule has 0 unspecified atom stereocenters. The number of nitrogens with zero attached hydrogens (tertiary/aromatic N) is 3. The summed E-state index contributed by atoms with van der Waals surface area (Å²) in [6.45, 7) is 0.348. The predicted molar refractivity (Wildman–Crippen MR) is 123 cm³/mol. The third-order valence-corrected chi connectivity index (χ3v) is 5.38. The normalized spacial score (nSPS) is 11.2. The average molecular weight is 450 g/mol. The highest BCUT2D eigenvalue weighted by Gasteiger charge is 2.18. The molecule has 0 radical (unpaired) electrons. The van der Waals surface area contributed by atoms with Gasteiger partial charge in [-0.05, 0) is 35.9 Å². The largest absolute Gasteiger partial charge is 0.493 e. The van der Waals surface area contributed by atoms with Crippen LogP contribution in [0.5, 0.6) is 17.4 Å². The molecule has 0 spiro atoms. The van der Waals surface area contributed by atoms with E-state index in [2.05, 4.69) is 10.2 Å². The van der Waals surface area contributed by atoms with Crippen LogP contribution in [0, 0.1) is 0 Å². The molecule has 0 saturated carbocycles. The second-order valence-corrected chi connectivity index (χ2v) is 7.36. The Balaban J connectivity index is 1.73. The molecule has 1 amide bonds. The van der Waals surface area contributed by atoms with Crippen LogP contribution in [0.1, 0.15) is 15.9 Å². The molecule has 0 fully saturated rings. The first-order valence-corrected chi connectivity index (χ1v) is 10.1. The number of methoxy groups -OCH3 is 2. The number of para-hydroxylation sites is 1. The summed E-state index contributed by atoms with van der Waals surface area (Å²) in [7, 11) is 3.14. The van der Waals surface area contributed by atoms with Crippen molar-refractivity contribution >= 4 is 34.1 Å². The van der Waals surface area contributed by atoms with Crippen LogP contribution in [0.4, 0.5) is 5.69 Å². The Morgan fingerprint density at radius 1 is 1.00 bits per heavy atom. The number of aromatic nitrogens is 1. The lowest BCUT2D eigenvalue weighted by molar-refractivity contribution is 0.0995. The molecule has 1 heterocycles. The van der Waals surface area contributed by atoms with E-state index in [0.717, 1.165) is 11.1 Å². The molecule has 7 nitrogen and oxygen atoms in total. The van der Waals surface area contributed by atoms with Gasteiger partial charge in [0.15, 0.2) is 17.2 Å². The summed E-state index contributed by atoms with van der Waals surface area (Å²) in [5.41, 5.74) is 2.08. The highest BCUT2D eigenvalue weighted by atomic mass is 35.5. The lowest BCUT2D eigenvalue weighted by Gasteiger charge is -2.11. The Morgan fingerprint density at radius 3 is 2.47 bits per heavy atom. The number of aromatic hydroxyl groups is 1. The van der Waals surface area contributed by atoms with Crippen LogP contribution in [0.15, 0.2) is 77.0 Å². The van der Waals surface area contributed by atoms with Crippen LogP contribution in [-0.2, 0) is 6.54 Å². The molecule has 0 atom stereocenters. The molecular formula is C24H20ClN3O4. The number of hydrogen-bond donors (Lipinski definition) is 1. The zero-order valence-corrected chi connectivity index (χ0v) is 18.2. The molecule has 3 aromatic carbocycles. The summed E-state index contributed by atoms with van der Waals surface area (Å²) in [6.07, 6.45) is 0. The fourth-order valence-corrected chi connectivity index (χ4v) is 3.69. The first-order valence-electron chi connectivity index (χ1n) is 9.75. The van der Waals surface area contributed by atoms with Gasteiger partial charge in [0.2, 0.25) is 5.88 Å². The number of benzene rings is 3. The lowest BCUT2D eigenvalue weighted by Crippen LogP contribution is -2.00. The third-order valence-electron chi connectivity index (χ3n) is 5.05. The Morgan fingerprint density at radius 2 is 1.72 bits per heavy atom. The van der Waals surface area contributed by atoms with Crippen LogP contribution < -0.4 is 9.47 Å². The van der Waals surface area contributed by atoms with E-state index in [1.165, 1.54) is 0 Å². The molecule has 162 valence electrons. The molecule has 32 heavy (non-hydrogen) atoms. The van der Waals surface area contributed by atoms with Crippen LogP contribution >= 0.6 is 11.6 Å². The minimum absolute atomic E-state index is 0.100. The van der Waals surface area contributed by atoms with Crippen molar-refractivity contribution in [3.8, 4) is 17.4 Å². The van der Waals surface area contributed by atoms with Crippen molar-refractivity contribution in [1.82, 2.24) is 4.57 Å². The molecule has 0 aliphatic rings. The molecule has 0 aliphatic heterocycles. The van der Waals surface area contributed by atoms with Gasteiger partial charge in [-0.15, -0.1) is 10.2 Å². The van der Waals surface area contributed by atoms with Gasteiger partial charge in [-0.3, -0.25) is 4.79 Å². The molecule has 0 saturated heterocycles. The Kier molecular flexibility index (Phi) is 6.09. The maximum absolute atomic E-state index is 12.5. The molecule has 0 aliphatic carbocycles. The number of fused-ring (bicyclic) bond motifs is 1. The quantitative estimate of drug-likeness (QED) is 0.366. The van der Waals surface area contributed by atoms with Gasteiger partial charge in [-0.2, -0.15) is 0 Å². The van der Waals surface area contributed by atoms with Crippen molar-refractivity contribution in [1.29, 1.82) is 0 Å². The summed E-state index contributed by atoms with van der Waals surface area (Å²) in [5, 5.41) is 19.8. The van der Waals surface area contributed by atoms with Crippen molar-refractivity contribution in [3.63, 3.8) is 0 Å². The minimum Gasteiger partial charge on any atom is -0.493 e. The number of amides is 1. The number of rotatable bonds is 6. The fourth-order valence-electron chi connectivity index (χ4n) is 3.48. The van der Waals surface area contributed by atoms with E-state index in [9.17, 15) is 9.90 Å². The van der Waals surface area contributed by atoms with E-state index in [1.807, 2.05) is 36.4 Å². The first kappa shape index (κ1) is 21.4. The van der Waals surface area contributed by atoms with Gasteiger partial charge in [0, 0.05) is 5.39 Å².